The van der Waals surface area contributed by atoms with Gasteiger partial charge >= 0.3 is 0 Å². The molecule has 0 amide bonds. The van der Waals surface area contributed by atoms with E-state index in [1.807, 2.05) is 50.4 Å². The van der Waals surface area contributed by atoms with Gasteiger partial charge in [0.2, 0.25) is 0 Å². The van der Waals surface area contributed by atoms with Gasteiger partial charge in [-0.3, -0.25) is 0 Å². The van der Waals surface area contributed by atoms with Gasteiger partial charge in [0.25, 0.3) is 5.82 Å². The maximum absolute atomic E-state index is 10.4. The number of rotatable bonds is 5. The van der Waals surface area contributed by atoms with Gasteiger partial charge < -0.3 is 9.84 Å². The Morgan fingerprint density at radius 2 is 1.78 bits per heavy atom. The maximum atomic E-state index is 10.4. The number of aromatic nitrogens is 2. The molecule has 1 heterocycles. The summed E-state index contributed by atoms with van der Waals surface area (Å²) >= 11 is 0. The van der Waals surface area contributed by atoms with Crippen LogP contribution in [0.15, 0.2) is 48.5 Å². The van der Waals surface area contributed by atoms with Crippen LogP contribution in [0.2, 0.25) is 0 Å². The molecule has 4 heteroatoms. The summed E-state index contributed by atoms with van der Waals surface area (Å²) in [6, 6.07) is 16.1. The Hall–Kier alpha value is -2.33. The van der Waals surface area contributed by atoms with Crippen molar-refractivity contribution in [1.29, 1.82) is 0 Å². The number of nitrogens with zero attached hydrogens (tertiary/aromatic N) is 2. The largest absolute Gasteiger partial charge is 0.490 e. The van der Waals surface area contributed by atoms with Crippen molar-refractivity contribution in [2.24, 2.45) is 7.05 Å². The molecule has 1 unspecified atom stereocenters. The van der Waals surface area contributed by atoms with Crippen molar-refractivity contribution in [2.75, 3.05) is 6.61 Å². The van der Waals surface area contributed by atoms with Crippen molar-refractivity contribution in [3.8, 4) is 5.75 Å². The molecule has 4 nitrogen and oxygen atoms in total. The molecule has 0 spiro atoms. The number of aliphatic hydroxyl groups excluding tert-OH is 1. The van der Waals surface area contributed by atoms with Gasteiger partial charge in [-0.2, -0.15) is 0 Å². The van der Waals surface area contributed by atoms with Gasteiger partial charge in [0.1, 0.15) is 25.0 Å². The van der Waals surface area contributed by atoms with Crippen molar-refractivity contribution in [1.82, 2.24) is 4.57 Å². The van der Waals surface area contributed by atoms with Crippen LogP contribution in [0.25, 0.3) is 11.0 Å². The fourth-order valence-electron chi connectivity index (χ4n) is 2.90. The van der Waals surface area contributed by atoms with Crippen molar-refractivity contribution < 1.29 is 14.4 Å². The van der Waals surface area contributed by atoms with E-state index in [0.717, 1.165) is 28.2 Å². The third kappa shape index (κ3) is 3.08. The van der Waals surface area contributed by atoms with E-state index in [4.69, 9.17) is 4.74 Å². The minimum absolute atomic E-state index is 0.278. The predicted molar refractivity (Wildman–Crippen MR) is 90.5 cm³/mol. The lowest BCUT2D eigenvalue weighted by molar-refractivity contribution is -0.652. The first-order valence-corrected chi connectivity index (χ1v) is 7.88. The van der Waals surface area contributed by atoms with Gasteiger partial charge in [-0.05, 0) is 30.7 Å². The number of aliphatic hydroxyl groups is 1. The molecule has 0 saturated heterocycles. The average Bonchev–Trinajstić information content (AvgIpc) is 2.80. The van der Waals surface area contributed by atoms with E-state index in [1.54, 1.807) is 0 Å². The van der Waals surface area contributed by atoms with Crippen molar-refractivity contribution >= 4 is 11.0 Å². The minimum Gasteiger partial charge on any atom is -0.490 e. The molecule has 1 aromatic heterocycles. The first kappa shape index (κ1) is 15.6. The molecule has 3 aromatic rings. The van der Waals surface area contributed by atoms with E-state index in [9.17, 15) is 5.11 Å². The smallest absolute Gasteiger partial charge is 0.254 e. The summed E-state index contributed by atoms with van der Waals surface area (Å²) < 4.78 is 10.0. The molecular weight excluding hydrogens is 288 g/mol. The number of benzene rings is 2. The summed E-state index contributed by atoms with van der Waals surface area (Å²) in [6.07, 6.45) is -0.566. The van der Waals surface area contributed by atoms with Crippen LogP contribution in [0.4, 0.5) is 0 Å². The summed E-state index contributed by atoms with van der Waals surface area (Å²) in [4.78, 5) is 0. The molecule has 0 aliphatic rings. The number of ether oxygens (including phenoxy) is 1. The lowest BCUT2D eigenvalue weighted by atomic mass is 10.2. The van der Waals surface area contributed by atoms with Gasteiger partial charge in [-0.25, -0.2) is 9.13 Å². The standard InChI is InChI=1S/C19H23N2O2/c1-14-8-4-7-11-19(14)23-13-16(22)12-21-15(2)20(3)17-9-5-6-10-18(17)21/h4-11,16,22H,12-13H2,1-3H3/q+1. The molecule has 3 rings (SSSR count). The Morgan fingerprint density at radius 3 is 2.57 bits per heavy atom. The molecule has 0 fully saturated rings. The normalized spacial score (nSPS) is 12.5. The third-order valence-electron chi connectivity index (χ3n) is 4.33. The molecule has 2 aromatic carbocycles. The van der Waals surface area contributed by atoms with Crippen LogP contribution in [0, 0.1) is 13.8 Å². The molecule has 120 valence electrons. The quantitative estimate of drug-likeness (QED) is 0.735. The van der Waals surface area contributed by atoms with Gasteiger partial charge in [-0.1, -0.05) is 30.3 Å². The van der Waals surface area contributed by atoms with E-state index in [1.165, 1.54) is 0 Å². The highest BCUT2D eigenvalue weighted by molar-refractivity contribution is 5.72. The maximum Gasteiger partial charge on any atom is 0.254 e. The van der Waals surface area contributed by atoms with E-state index < -0.39 is 6.10 Å². The third-order valence-corrected chi connectivity index (χ3v) is 4.33. The number of aryl methyl sites for hydroxylation is 2. The first-order valence-electron chi connectivity index (χ1n) is 7.88. The summed E-state index contributed by atoms with van der Waals surface area (Å²) in [5.74, 6) is 1.94. The second-order valence-corrected chi connectivity index (χ2v) is 5.94. The number of hydrogen-bond acceptors (Lipinski definition) is 2. The van der Waals surface area contributed by atoms with Gasteiger partial charge in [0.05, 0.1) is 7.05 Å². The van der Waals surface area contributed by atoms with Crippen molar-refractivity contribution in [2.45, 2.75) is 26.5 Å². The van der Waals surface area contributed by atoms with E-state index >= 15 is 0 Å². The first-order chi connectivity index (χ1) is 11.1. The average molecular weight is 311 g/mol. The Balaban J connectivity index is 1.75. The number of fused-ring (bicyclic) bond motifs is 1. The molecule has 0 aliphatic heterocycles. The Bertz CT molecular complexity index is 823. The van der Waals surface area contributed by atoms with Gasteiger partial charge in [0.15, 0.2) is 11.0 Å². The van der Waals surface area contributed by atoms with Gasteiger partial charge in [0, 0.05) is 6.92 Å². The van der Waals surface area contributed by atoms with E-state index in [0.29, 0.717) is 6.54 Å². The highest BCUT2D eigenvalue weighted by atomic mass is 16.5. The number of imidazole rings is 1. The number of para-hydroxylation sites is 3. The highest BCUT2D eigenvalue weighted by Gasteiger charge is 2.21. The van der Waals surface area contributed by atoms with E-state index in [2.05, 4.69) is 28.2 Å². The van der Waals surface area contributed by atoms with Gasteiger partial charge in [-0.15, -0.1) is 0 Å². The van der Waals surface area contributed by atoms with Crippen LogP contribution in [0.1, 0.15) is 11.4 Å². The zero-order valence-corrected chi connectivity index (χ0v) is 13.9. The Morgan fingerprint density at radius 1 is 1.09 bits per heavy atom. The Labute approximate surface area is 136 Å². The second-order valence-electron chi connectivity index (χ2n) is 5.94. The lowest BCUT2D eigenvalue weighted by Crippen LogP contribution is -2.32. The lowest BCUT2D eigenvalue weighted by Gasteiger charge is -2.13. The molecule has 0 saturated carbocycles. The minimum atomic E-state index is -0.566. The predicted octanol–water partition coefficient (Wildman–Crippen LogP) is 2.52. The fourth-order valence-corrected chi connectivity index (χ4v) is 2.90. The summed E-state index contributed by atoms with van der Waals surface area (Å²) in [6.45, 7) is 4.86. The van der Waals surface area contributed by atoms with Crippen LogP contribution in [0.3, 0.4) is 0 Å². The van der Waals surface area contributed by atoms with Crippen LogP contribution >= 0.6 is 0 Å². The van der Waals surface area contributed by atoms with Crippen molar-refractivity contribution in [3.05, 3.63) is 59.9 Å². The molecular formula is C19H23N2O2+. The van der Waals surface area contributed by atoms with Crippen LogP contribution in [-0.2, 0) is 13.6 Å². The SMILES string of the molecule is Cc1ccccc1OCC(O)Cn1c(C)[n+](C)c2ccccc21. The number of hydrogen-bond donors (Lipinski definition) is 1. The summed E-state index contributed by atoms with van der Waals surface area (Å²) in [5.41, 5.74) is 3.37. The van der Waals surface area contributed by atoms with Crippen LogP contribution in [-0.4, -0.2) is 22.4 Å². The topological polar surface area (TPSA) is 38.3 Å². The molecule has 23 heavy (non-hydrogen) atoms. The highest BCUT2D eigenvalue weighted by Crippen LogP contribution is 2.17. The summed E-state index contributed by atoms with van der Waals surface area (Å²) in [7, 11) is 2.05. The second kappa shape index (κ2) is 6.42. The molecule has 0 bridgehead atoms. The van der Waals surface area contributed by atoms with Crippen LogP contribution in [0.5, 0.6) is 5.75 Å². The zero-order chi connectivity index (χ0) is 16.4. The van der Waals surface area contributed by atoms with Crippen molar-refractivity contribution in [3.63, 3.8) is 0 Å². The summed E-state index contributed by atoms with van der Waals surface area (Å²) in [5, 5.41) is 10.4. The zero-order valence-electron chi connectivity index (χ0n) is 13.9. The fraction of sp³-hybridized carbons (Fsp3) is 0.316. The molecule has 0 radical (unpaired) electrons. The monoisotopic (exact) mass is 311 g/mol. The Kier molecular flexibility index (Phi) is 4.35. The van der Waals surface area contributed by atoms with Crippen LogP contribution < -0.4 is 9.30 Å². The molecule has 1 N–H and O–H groups in total. The van der Waals surface area contributed by atoms with E-state index in [-0.39, 0.29) is 6.61 Å². The molecule has 1 atom stereocenters. The molecule has 0 aliphatic carbocycles.